The van der Waals surface area contributed by atoms with Gasteiger partial charge in [0.05, 0.1) is 18.7 Å². The van der Waals surface area contributed by atoms with Gasteiger partial charge in [-0.1, -0.05) is 12.1 Å². The van der Waals surface area contributed by atoms with Gasteiger partial charge in [-0.05, 0) is 12.1 Å². The average Bonchev–Trinajstić information content (AvgIpc) is 2.42. The Morgan fingerprint density at radius 1 is 1.42 bits per heavy atom. The van der Waals surface area contributed by atoms with E-state index in [1.807, 2.05) is 0 Å². The van der Waals surface area contributed by atoms with Crippen molar-refractivity contribution in [2.24, 2.45) is 0 Å². The predicted octanol–water partition coefficient (Wildman–Crippen LogP) is 2.39. The summed E-state index contributed by atoms with van der Waals surface area (Å²) < 4.78 is 19.3. The molecule has 0 unspecified atom stereocenters. The zero-order valence-electron chi connectivity index (χ0n) is 11.1. The highest BCUT2D eigenvalue weighted by Crippen LogP contribution is 2.32. The molecular weight excluding hydrogens is 267 g/mol. The SMILES string of the molecule is C=C[C@H](c1c(F)cccc1OC)N1CCNCC1.Cl. The molecule has 1 atom stereocenters. The lowest BCUT2D eigenvalue weighted by Crippen LogP contribution is -2.44. The molecule has 1 fully saturated rings. The van der Waals surface area contributed by atoms with Crippen LogP contribution >= 0.6 is 12.4 Å². The number of nitrogens with zero attached hydrogens (tertiary/aromatic N) is 1. The fourth-order valence-electron chi connectivity index (χ4n) is 2.39. The summed E-state index contributed by atoms with van der Waals surface area (Å²) in [6.45, 7) is 7.45. The first-order valence-corrected chi connectivity index (χ1v) is 6.17. The average molecular weight is 287 g/mol. The lowest BCUT2D eigenvalue weighted by atomic mass is 10.0. The minimum Gasteiger partial charge on any atom is -0.496 e. The molecule has 0 radical (unpaired) electrons. The first kappa shape index (κ1) is 16.0. The quantitative estimate of drug-likeness (QED) is 0.860. The van der Waals surface area contributed by atoms with E-state index in [1.165, 1.54) is 6.07 Å². The number of hydrogen-bond acceptors (Lipinski definition) is 3. The van der Waals surface area contributed by atoms with Crippen LogP contribution in [0.5, 0.6) is 5.75 Å². The minimum atomic E-state index is -0.238. The Morgan fingerprint density at radius 3 is 2.68 bits per heavy atom. The predicted molar refractivity (Wildman–Crippen MR) is 77.6 cm³/mol. The van der Waals surface area contributed by atoms with Crippen molar-refractivity contribution < 1.29 is 9.13 Å². The van der Waals surface area contributed by atoms with E-state index >= 15 is 0 Å². The van der Waals surface area contributed by atoms with Gasteiger partial charge in [0.25, 0.3) is 0 Å². The van der Waals surface area contributed by atoms with Crippen LogP contribution < -0.4 is 10.1 Å². The molecule has 1 heterocycles. The Bertz CT molecular complexity index is 422. The summed E-state index contributed by atoms with van der Waals surface area (Å²) in [7, 11) is 1.57. The van der Waals surface area contributed by atoms with Crippen molar-refractivity contribution in [3.63, 3.8) is 0 Å². The highest BCUT2D eigenvalue weighted by molar-refractivity contribution is 5.85. The van der Waals surface area contributed by atoms with E-state index in [0.29, 0.717) is 11.3 Å². The van der Waals surface area contributed by atoms with E-state index in [4.69, 9.17) is 4.74 Å². The maximum Gasteiger partial charge on any atom is 0.132 e. The number of piperazine rings is 1. The second-order valence-corrected chi connectivity index (χ2v) is 4.32. The molecule has 1 aromatic rings. The molecule has 19 heavy (non-hydrogen) atoms. The van der Waals surface area contributed by atoms with Crippen LogP contribution in [0.15, 0.2) is 30.9 Å². The second kappa shape index (κ2) is 7.48. The van der Waals surface area contributed by atoms with Gasteiger partial charge in [0, 0.05) is 26.2 Å². The zero-order valence-corrected chi connectivity index (χ0v) is 11.9. The first-order chi connectivity index (χ1) is 8.77. The summed E-state index contributed by atoms with van der Waals surface area (Å²) in [5.41, 5.74) is 0.580. The van der Waals surface area contributed by atoms with Crippen molar-refractivity contribution in [2.45, 2.75) is 6.04 Å². The van der Waals surface area contributed by atoms with Gasteiger partial charge in [-0.15, -0.1) is 19.0 Å². The molecule has 3 nitrogen and oxygen atoms in total. The van der Waals surface area contributed by atoms with Crippen LogP contribution in [0.4, 0.5) is 4.39 Å². The zero-order chi connectivity index (χ0) is 13.0. The highest BCUT2D eigenvalue weighted by Gasteiger charge is 2.24. The van der Waals surface area contributed by atoms with E-state index < -0.39 is 0 Å². The van der Waals surface area contributed by atoms with Crippen LogP contribution in [0.2, 0.25) is 0 Å². The summed E-state index contributed by atoms with van der Waals surface area (Å²) in [6, 6.07) is 4.78. The van der Waals surface area contributed by atoms with Crippen molar-refractivity contribution in [3.8, 4) is 5.75 Å². The summed E-state index contributed by atoms with van der Waals surface area (Å²) >= 11 is 0. The molecule has 0 bridgehead atoms. The van der Waals surface area contributed by atoms with Gasteiger partial charge in [0.2, 0.25) is 0 Å². The molecular formula is C14H20ClFN2O. The molecule has 1 N–H and O–H groups in total. The Kier molecular flexibility index (Phi) is 6.28. The maximum atomic E-state index is 14.1. The Hall–Kier alpha value is -1.10. The molecule has 1 aliphatic rings. The number of ether oxygens (including phenoxy) is 1. The lowest BCUT2D eigenvalue weighted by Gasteiger charge is -2.34. The van der Waals surface area contributed by atoms with E-state index in [9.17, 15) is 4.39 Å². The number of halogens is 2. The Morgan fingerprint density at radius 2 is 2.11 bits per heavy atom. The van der Waals surface area contributed by atoms with E-state index in [0.717, 1.165) is 26.2 Å². The molecule has 2 rings (SSSR count). The third kappa shape index (κ3) is 3.47. The summed E-state index contributed by atoms with van der Waals surface area (Å²) in [5, 5.41) is 3.29. The second-order valence-electron chi connectivity index (χ2n) is 4.32. The molecule has 1 aliphatic heterocycles. The largest absolute Gasteiger partial charge is 0.496 e. The number of methoxy groups -OCH3 is 1. The molecule has 1 saturated heterocycles. The van der Waals surface area contributed by atoms with E-state index in [1.54, 1.807) is 25.3 Å². The van der Waals surface area contributed by atoms with Crippen LogP contribution in [-0.2, 0) is 0 Å². The molecule has 1 aromatic carbocycles. The van der Waals surface area contributed by atoms with Crippen molar-refractivity contribution in [1.82, 2.24) is 10.2 Å². The number of nitrogens with one attached hydrogen (secondary N) is 1. The summed E-state index contributed by atoms with van der Waals surface area (Å²) in [4.78, 5) is 2.21. The molecule has 0 amide bonds. The molecule has 0 saturated carbocycles. The third-order valence-electron chi connectivity index (χ3n) is 3.30. The molecule has 5 heteroatoms. The fourth-order valence-corrected chi connectivity index (χ4v) is 2.39. The Labute approximate surface area is 119 Å². The van der Waals surface area contributed by atoms with Gasteiger partial charge in [0.15, 0.2) is 0 Å². The van der Waals surface area contributed by atoms with Crippen molar-refractivity contribution in [3.05, 3.63) is 42.2 Å². The standard InChI is InChI=1S/C14H19FN2O.ClH/c1-3-12(17-9-7-16-8-10-17)14-11(15)5-4-6-13(14)18-2;/h3-6,12,16H,1,7-10H2,2H3;1H/t12-;/m1./s1. The maximum absolute atomic E-state index is 14.1. The number of rotatable bonds is 4. The lowest BCUT2D eigenvalue weighted by molar-refractivity contribution is 0.197. The summed E-state index contributed by atoms with van der Waals surface area (Å²) in [6.07, 6.45) is 1.78. The van der Waals surface area contributed by atoms with Crippen molar-refractivity contribution >= 4 is 12.4 Å². The number of benzene rings is 1. The van der Waals surface area contributed by atoms with Crippen LogP contribution in [0.25, 0.3) is 0 Å². The normalized spacial score (nSPS) is 17.4. The summed E-state index contributed by atoms with van der Waals surface area (Å²) in [5.74, 6) is 0.344. The van der Waals surface area contributed by atoms with Gasteiger partial charge >= 0.3 is 0 Å². The van der Waals surface area contributed by atoms with Crippen LogP contribution in [-0.4, -0.2) is 38.2 Å². The number of hydrogen-bond donors (Lipinski definition) is 1. The van der Waals surface area contributed by atoms with Crippen LogP contribution in [0, 0.1) is 5.82 Å². The fraction of sp³-hybridized carbons (Fsp3) is 0.429. The minimum absolute atomic E-state index is 0. The molecule has 0 aromatic heterocycles. The van der Waals surface area contributed by atoms with Crippen molar-refractivity contribution in [2.75, 3.05) is 33.3 Å². The van der Waals surface area contributed by atoms with Gasteiger partial charge < -0.3 is 10.1 Å². The Balaban J connectivity index is 0.00000180. The molecule has 0 aliphatic carbocycles. The molecule has 0 spiro atoms. The van der Waals surface area contributed by atoms with Gasteiger partial charge in [-0.25, -0.2) is 4.39 Å². The van der Waals surface area contributed by atoms with Crippen LogP contribution in [0.3, 0.4) is 0 Å². The van der Waals surface area contributed by atoms with Gasteiger partial charge in [-0.3, -0.25) is 4.90 Å². The van der Waals surface area contributed by atoms with Crippen molar-refractivity contribution in [1.29, 1.82) is 0 Å². The van der Waals surface area contributed by atoms with E-state index in [-0.39, 0.29) is 24.3 Å². The highest BCUT2D eigenvalue weighted by atomic mass is 35.5. The molecule has 106 valence electrons. The van der Waals surface area contributed by atoms with E-state index in [2.05, 4.69) is 16.8 Å². The monoisotopic (exact) mass is 286 g/mol. The first-order valence-electron chi connectivity index (χ1n) is 6.17. The van der Waals surface area contributed by atoms with Gasteiger partial charge in [0.1, 0.15) is 11.6 Å². The van der Waals surface area contributed by atoms with Crippen LogP contribution in [0.1, 0.15) is 11.6 Å². The topological polar surface area (TPSA) is 24.5 Å². The third-order valence-corrected chi connectivity index (χ3v) is 3.30. The van der Waals surface area contributed by atoms with Gasteiger partial charge in [-0.2, -0.15) is 0 Å². The smallest absolute Gasteiger partial charge is 0.132 e.